The van der Waals surface area contributed by atoms with Gasteiger partial charge in [0.25, 0.3) is 0 Å². The Morgan fingerprint density at radius 1 is 1.28 bits per heavy atom. The number of nitrogens with zero attached hydrogens (tertiary/aromatic N) is 2. The molecule has 1 heterocycles. The Kier molecular flexibility index (Phi) is 3.67. The first-order valence-corrected chi connectivity index (χ1v) is 5.75. The highest BCUT2D eigenvalue weighted by Crippen LogP contribution is 2.27. The van der Waals surface area contributed by atoms with E-state index < -0.39 is 0 Å². The molecule has 2 aromatic rings. The maximum Gasteiger partial charge on any atom is 0.121 e. The molecule has 0 fully saturated rings. The molecular formula is C14H17N3O. The van der Waals surface area contributed by atoms with Crippen molar-refractivity contribution in [2.45, 2.75) is 6.54 Å². The highest BCUT2D eigenvalue weighted by atomic mass is 16.5. The van der Waals surface area contributed by atoms with Crippen LogP contribution in [0.3, 0.4) is 0 Å². The van der Waals surface area contributed by atoms with E-state index in [4.69, 9.17) is 10.5 Å². The molecule has 0 atom stereocenters. The summed E-state index contributed by atoms with van der Waals surface area (Å²) in [6.45, 7) is 0.707. The molecular weight excluding hydrogens is 226 g/mol. The minimum atomic E-state index is 0.707. The molecule has 18 heavy (non-hydrogen) atoms. The van der Waals surface area contributed by atoms with Crippen molar-refractivity contribution in [3.8, 4) is 5.75 Å². The van der Waals surface area contributed by atoms with Gasteiger partial charge in [-0.1, -0.05) is 6.07 Å². The molecule has 0 unspecified atom stereocenters. The van der Waals surface area contributed by atoms with Crippen molar-refractivity contribution in [3.63, 3.8) is 0 Å². The van der Waals surface area contributed by atoms with E-state index in [-0.39, 0.29) is 0 Å². The molecule has 0 aliphatic rings. The Morgan fingerprint density at radius 3 is 2.78 bits per heavy atom. The van der Waals surface area contributed by atoms with Crippen molar-refractivity contribution in [1.82, 2.24) is 4.98 Å². The molecule has 2 N–H and O–H groups in total. The minimum Gasteiger partial charge on any atom is -0.497 e. The summed E-state index contributed by atoms with van der Waals surface area (Å²) >= 11 is 0. The third kappa shape index (κ3) is 2.71. The molecule has 1 aromatic heterocycles. The lowest BCUT2D eigenvalue weighted by Gasteiger charge is -2.21. The van der Waals surface area contributed by atoms with Crippen LogP contribution in [-0.2, 0) is 6.54 Å². The summed E-state index contributed by atoms with van der Waals surface area (Å²) in [7, 11) is 3.63. The topological polar surface area (TPSA) is 51.4 Å². The number of anilines is 2. The molecule has 0 amide bonds. The largest absolute Gasteiger partial charge is 0.497 e. The smallest absolute Gasteiger partial charge is 0.121 e. The lowest BCUT2D eigenvalue weighted by Crippen LogP contribution is -2.18. The Bertz CT molecular complexity index is 514. The zero-order chi connectivity index (χ0) is 13.0. The molecule has 0 saturated heterocycles. The van der Waals surface area contributed by atoms with Crippen LogP contribution in [0.5, 0.6) is 5.75 Å². The summed E-state index contributed by atoms with van der Waals surface area (Å²) in [5, 5.41) is 0. The average Bonchev–Trinajstić information content (AvgIpc) is 2.40. The molecule has 94 valence electrons. The van der Waals surface area contributed by atoms with E-state index in [1.165, 1.54) is 0 Å². The fourth-order valence-corrected chi connectivity index (χ4v) is 1.80. The summed E-state index contributed by atoms with van der Waals surface area (Å²) in [5.41, 5.74) is 8.66. The lowest BCUT2D eigenvalue weighted by molar-refractivity contribution is 0.415. The predicted molar refractivity (Wildman–Crippen MR) is 73.8 cm³/mol. The third-order valence-electron chi connectivity index (χ3n) is 2.77. The van der Waals surface area contributed by atoms with Gasteiger partial charge in [0.2, 0.25) is 0 Å². The molecule has 4 nitrogen and oxygen atoms in total. The lowest BCUT2D eigenvalue weighted by atomic mass is 10.2. The van der Waals surface area contributed by atoms with E-state index in [2.05, 4.69) is 9.88 Å². The maximum absolute atomic E-state index is 5.98. The van der Waals surface area contributed by atoms with Gasteiger partial charge in [0.05, 0.1) is 30.7 Å². The van der Waals surface area contributed by atoms with Gasteiger partial charge in [0.1, 0.15) is 5.75 Å². The van der Waals surface area contributed by atoms with E-state index in [9.17, 15) is 0 Å². The second-order valence-corrected chi connectivity index (χ2v) is 4.10. The van der Waals surface area contributed by atoms with Gasteiger partial charge in [-0.15, -0.1) is 0 Å². The summed E-state index contributed by atoms with van der Waals surface area (Å²) < 4.78 is 5.21. The van der Waals surface area contributed by atoms with E-state index >= 15 is 0 Å². The maximum atomic E-state index is 5.98. The van der Waals surface area contributed by atoms with Crippen molar-refractivity contribution in [2.24, 2.45) is 0 Å². The van der Waals surface area contributed by atoms with Gasteiger partial charge in [0.15, 0.2) is 0 Å². The van der Waals surface area contributed by atoms with E-state index in [0.29, 0.717) is 6.54 Å². The SMILES string of the molecule is COc1ccc(N)c(N(C)Cc2ccccn2)c1. The zero-order valence-electron chi connectivity index (χ0n) is 10.6. The normalized spacial score (nSPS) is 10.1. The van der Waals surface area contributed by atoms with Gasteiger partial charge in [-0.25, -0.2) is 0 Å². The fraction of sp³-hybridized carbons (Fsp3) is 0.214. The number of hydrogen-bond acceptors (Lipinski definition) is 4. The number of nitrogen functional groups attached to an aromatic ring is 1. The first kappa shape index (κ1) is 12.2. The molecule has 0 radical (unpaired) electrons. The van der Waals surface area contributed by atoms with Crippen LogP contribution in [0, 0.1) is 0 Å². The molecule has 0 saturated carbocycles. The second-order valence-electron chi connectivity index (χ2n) is 4.10. The molecule has 1 aromatic carbocycles. The number of rotatable bonds is 4. The van der Waals surface area contributed by atoms with Crippen LogP contribution in [-0.4, -0.2) is 19.1 Å². The van der Waals surface area contributed by atoms with Gasteiger partial charge < -0.3 is 15.4 Å². The Balaban J connectivity index is 2.20. The van der Waals surface area contributed by atoms with E-state index in [1.807, 2.05) is 43.4 Å². The monoisotopic (exact) mass is 243 g/mol. The van der Waals surface area contributed by atoms with Gasteiger partial charge in [-0.05, 0) is 24.3 Å². The van der Waals surface area contributed by atoms with Gasteiger partial charge in [-0.2, -0.15) is 0 Å². The van der Waals surface area contributed by atoms with Crippen LogP contribution in [0.1, 0.15) is 5.69 Å². The Morgan fingerprint density at radius 2 is 2.11 bits per heavy atom. The van der Waals surface area contributed by atoms with Crippen LogP contribution in [0.4, 0.5) is 11.4 Å². The summed E-state index contributed by atoms with van der Waals surface area (Å²) in [6.07, 6.45) is 1.79. The molecule has 2 rings (SSSR count). The summed E-state index contributed by atoms with van der Waals surface area (Å²) in [6, 6.07) is 11.5. The van der Waals surface area contributed by atoms with Crippen molar-refractivity contribution >= 4 is 11.4 Å². The van der Waals surface area contributed by atoms with Crippen molar-refractivity contribution in [2.75, 3.05) is 24.8 Å². The average molecular weight is 243 g/mol. The molecule has 0 spiro atoms. The van der Waals surface area contributed by atoms with Crippen LogP contribution in [0.2, 0.25) is 0 Å². The fourth-order valence-electron chi connectivity index (χ4n) is 1.80. The van der Waals surface area contributed by atoms with Crippen molar-refractivity contribution < 1.29 is 4.74 Å². The standard InChI is InChI=1S/C14H17N3O/c1-17(10-11-5-3-4-8-16-11)14-9-12(18-2)6-7-13(14)15/h3-9H,10,15H2,1-2H3. The third-order valence-corrected chi connectivity index (χ3v) is 2.77. The number of ether oxygens (including phenoxy) is 1. The van der Waals surface area contributed by atoms with Gasteiger partial charge >= 0.3 is 0 Å². The summed E-state index contributed by atoms with van der Waals surface area (Å²) in [4.78, 5) is 6.36. The van der Waals surface area contributed by atoms with Crippen LogP contribution < -0.4 is 15.4 Å². The Labute approximate surface area is 107 Å². The number of methoxy groups -OCH3 is 1. The van der Waals surface area contributed by atoms with Gasteiger partial charge in [0, 0.05) is 19.3 Å². The first-order valence-electron chi connectivity index (χ1n) is 5.75. The number of nitrogens with two attached hydrogens (primary N) is 1. The first-order chi connectivity index (χ1) is 8.70. The summed E-state index contributed by atoms with van der Waals surface area (Å²) in [5.74, 6) is 0.798. The molecule has 0 aliphatic carbocycles. The van der Waals surface area contributed by atoms with Crippen LogP contribution >= 0.6 is 0 Å². The van der Waals surface area contributed by atoms with Crippen molar-refractivity contribution in [3.05, 3.63) is 48.3 Å². The predicted octanol–water partition coefficient (Wildman–Crippen LogP) is 2.31. The van der Waals surface area contributed by atoms with Crippen LogP contribution in [0.25, 0.3) is 0 Å². The molecule has 0 aliphatic heterocycles. The van der Waals surface area contributed by atoms with Crippen molar-refractivity contribution in [1.29, 1.82) is 0 Å². The quantitative estimate of drug-likeness (QED) is 0.837. The van der Waals surface area contributed by atoms with Crippen LogP contribution in [0.15, 0.2) is 42.6 Å². The number of aromatic nitrogens is 1. The number of benzene rings is 1. The number of pyridine rings is 1. The highest BCUT2D eigenvalue weighted by molar-refractivity contribution is 5.69. The highest BCUT2D eigenvalue weighted by Gasteiger charge is 2.08. The zero-order valence-corrected chi connectivity index (χ0v) is 10.6. The second kappa shape index (κ2) is 5.40. The molecule has 0 bridgehead atoms. The van der Waals surface area contributed by atoms with E-state index in [0.717, 1.165) is 22.8 Å². The van der Waals surface area contributed by atoms with E-state index in [1.54, 1.807) is 13.3 Å². The number of hydrogen-bond donors (Lipinski definition) is 1. The Hall–Kier alpha value is -2.23. The minimum absolute atomic E-state index is 0.707. The molecule has 4 heteroatoms. The van der Waals surface area contributed by atoms with Gasteiger partial charge in [-0.3, -0.25) is 4.98 Å².